The lowest BCUT2D eigenvalue weighted by Gasteiger charge is -2.12. The van der Waals surface area contributed by atoms with E-state index in [2.05, 4.69) is 89.3 Å². The van der Waals surface area contributed by atoms with Gasteiger partial charge in [0.1, 0.15) is 5.69 Å². The van der Waals surface area contributed by atoms with Crippen molar-refractivity contribution < 1.29 is 0 Å². The lowest BCUT2D eigenvalue weighted by molar-refractivity contribution is 0.682. The van der Waals surface area contributed by atoms with E-state index in [1.165, 1.54) is 0 Å². The number of rotatable bonds is 9. The minimum atomic E-state index is 0.308. The maximum Gasteiger partial charge on any atom is 0.116 e. The summed E-state index contributed by atoms with van der Waals surface area (Å²) >= 11 is 0. The Morgan fingerprint density at radius 2 is 1.92 bits per heavy atom. The molecule has 6 heteroatoms. The molecule has 0 aliphatic carbocycles. The van der Waals surface area contributed by atoms with Crippen LogP contribution in [0.2, 0.25) is 0 Å². The smallest absolute Gasteiger partial charge is 0.116 e. The first-order valence-corrected chi connectivity index (χ1v) is 12.5. The van der Waals surface area contributed by atoms with Gasteiger partial charge in [0, 0.05) is 40.8 Å². The minimum absolute atomic E-state index is 0.308. The average Bonchev–Trinajstić information content (AvgIpc) is 3.50. The third-order valence-electron chi connectivity index (χ3n) is 6.05. The number of pyridine rings is 2. The van der Waals surface area contributed by atoms with Gasteiger partial charge in [-0.15, -0.1) is 0 Å². The molecule has 4 heterocycles. The summed E-state index contributed by atoms with van der Waals surface area (Å²) < 4.78 is 0. The highest BCUT2D eigenvalue weighted by Crippen LogP contribution is 2.33. The van der Waals surface area contributed by atoms with Crippen LogP contribution in [-0.4, -0.2) is 31.2 Å². The van der Waals surface area contributed by atoms with Crippen molar-refractivity contribution >= 4 is 22.0 Å². The second-order valence-electron chi connectivity index (χ2n) is 9.10. The zero-order chi connectivity index (χ0) is 26.4. The molecule has 0 aliphatic rings. The summed E-state index contributed by atoms with van der Waals surface area (Å²) in [5, 5.41) is 12.2. The molecule has 37 heavy (non-hydrogen) atoms. The van der Waals surface area contributed by atoms with E-state index < -0.39 is 0 Å². The number of aryl methyl sites for hydroxylation is 1. The van der Waals surface area contributed by atoms with Crippen LogP contribution in [0.15, 0.2) is 91.6 Å². The van der Waals surface area contributed by atoms with Crippen LogP contribution in [-0.2, 0) is 0 Å². The normalized spacial score (nSPS) is 13.2. The van der Waals surface area contributed by atoms with E-state index >= 15 is 0 Å². The lowest BCUT2D eigenvalue weighted by Crippen LogP contribution is -2.20. The van der Waals surface area contributed by atoms with Gasteiger partial charge < -0.3 is 10.3 Å². The number of fused-ring (bicyclic) bond motifs is 1. The number of H-pyrrole nitrogens is 2. The van der Waals surface area contributed by atoms with E-state index in [0.717, 1.165) is 61.6 Å². The Balaban J connectivity index is 1.78. The van der Waals surface area contributed by atoms with Gasteiger partial charge in [0.15, 0.2) is 0 Å². The van der Waals surface area contributed by atoms with Crippen molar-refractivity contribution in [1.29, 1.82) is 0 Å². The molecule has 4 aromatic rings. The molecule has 0 atom stereocenters. The number of hydrogen-bond donors (Lipinski definition) is 3. The van der Waals surface area contributed by atoms with Gasteiger partial charge in [-0.1, -0.05) is 30.9 Å². The van der Waals surface area contributed by atoms with E-state index in [4.69, 9.17) is 4.98 Å². The first-order valence-electron chi connectivity index (χ1n) is 12.5. The molecular weight excluding hydrogens is 456 g/mol. The first-order chi connectivity index (χ1) is 17.9. The zero-order valence-corrected chi connectivity index (χ0v) is 22.1. The number of aromatic amines is 2. The summed E-state index contributed by atoms with van der Waals surface area (Å²) in [5.74, 6) is 0. The fourth-order valence-corrected chi connectivity index (χ4v) is 4.28. The summed E-state index contributed by atoms with van der Waals surface area (Å²) in [6, 6.07) is 8.62. The monoisotopic (exact) mass is 490 g/mol. The molecule has 0 fully saturated rings. The van der Waals surface area contributed by atoms with Crippen LogP contribution < -0.4 is 5.32 Å². The van der Waals surface area contributed by atoms with E-state index in [0.29, 0.717) is 6.04 Å². The predicted molar refractivity (Wildman–Crippen MR) is 155 cm³/mol. The van der Waals surface area contributed by atoms with E-state index in [9.17, 15) is 0 Å². The summed E-state index contributed by atoms with van der Waals surface area (Å²) in [6.07, 6.45) is 17.7. The quantitative estimate of drug-likeness (QED) is 0.218. The standard InChI is InChI=1S/C31H34N6/c1-7-10-11-25(23-12-14-32-15-13-23)26-17-29(35-21(26)6)31-27-18-28(33-19-30(27)36-37-31)22(8-2)16-24(9-3)34-20(4)5/h7-20,34-35H,3H2,1-2,4-6H3,(H,36,37)/b10-7-,22-8+,24-16+,25-11-. The maximum absolute atomic E-state index is 4.70. The van der Waals surface area contributed by atoms with Crippen molar-refractivity contribution in [2.24, 2.45) is 0 Å². The molecule has 3 N–H and O–H groups in total. The van der Waals surface area contributed by atoms with Crippen LogP contribution in [0.25, 0.3) is 33.4 Å². The Morgan fingerprint density at radius 3 is 2.59 bits per heavy atom. The molecule has 0 saturated heterocycles. The van der Waals surface area contributed by atoms with E-state index in [1.807, 2.05) is 56.7 Å². The molecule has 0 spiro atoms. The Labute approximate surface area is 218 Å². The topological polar surface area (TPSA) is 82.3 Å². The maximum atomic E-state index is 4.70. The average molecular weight is 491 g/mol. The molecular formula is C31H34N6. The van der Waals surface area contributed by atoms with Crippen molar-refractivity contribution in [2.75, 3.05) is 0 Å². The fraction of sp³-hybridized carbons (Fsp3) is 0.194. The van der Waals surface area contributed by atoms with Gasteiger partial charge in [0.05, 0.1) is 23.1 Å². The van der Waals surface area contributed by atoms with Crippen molar-refractivity contribution in [1.82, 2.24) is 30.5 Å². The van der Waals surface area contributed by atoms with Crippen LogP contribution in [0.3, 0.4) is 0 Å². The highest BCUT2D eigenvalue weighted by molar-refractivity contribution is 5.95. The first kappa shape index (κ1) is 25.6. The SMILES string of the molecule is C=C/C(=C\C(=C/C)c1cc2c(-c3cc(/C(=C\C=C/C)c4ccncc4)c(C)[nH]3)n[nH]c2cn1)NC(C)C. The molecule has 0 bridgehead atoms. The lowest BCUT2D eigenvalue weighted by atomic mass is 9.98. The molecule has 4 aromatic heterocycles. The number of aromatic nitrogens is 5. The second kappa shape index (κ2) is 11.5. The van der Waals surface area contributed by atoms with Gasteiger partial charge in [0.2, 0.25) is 0 Å². The van der Waals surface area contributed by atoms with Crippen molar-refractivity contribution in [3.05, 3.63) is 114 Å². The number of nitrogens with one attached hydrogen (secondary N) is 3. The van der Waals surface area contributed by atoms with Crippen molar-refractivity contribution in [3.8, 4) is 11.4 Å². The number of nitrogens with zero attached hydrogens (tertiary/aromatic N) is 3. The Bertz CT molecular complexity index is 1510. The fourth-order valence-electron chi connectivity index (χ4n) is 4.28. The van der Waals surface area contributed by atoms with Gasteiger partial charge in [0.25, 0.3) is 0 Å². The predicted octanol–water partition coefficient (Wildman–Crippen LogP) is 7.14. The molecule has 4 rings (SSSR count). The highest BCUT2D eigenvalue weighted by atomic mass is 15.1. The molecule has 0 unspecified atom stereocenters. The van der Waals surface area contributed by atoms with Crippen molar-refractivity contribution in [3.63, 3.8) is 0 Å². The van der Waals surface area contributed by atoms with Gasteiger partial charge in [-0.25, -0.2) is 0 Å². The summed E-state index contributed by atoms with van der Waals surface area (Å²) in [5.41, 5.74) is 9.95. The third-order valence-corrected chi connectivity index (χ3v) is 6.05. The van der Waals surface area contributed by atoms with Gasteiger partial charge in [-0.3, -0.25) is 15.1 Å². The van der Waals surface area contributed by atoms with Crippen LogP contribution in [0.4, 0.5) is 0 Å². The van der Waals surface area contributed by atoms with Gasteiger partial charge in [-0.2, -0.15) is 5.10 Å². The van der Waals surface area contributed by atoms with Crippen molar-refractivity contribution in [2.45, 2.75) is 40.7 Å². The molecule has 188 valence electrons. The molecule has 0 saturated carbocycles. The van der Waals surface area contributed by atoms with Gasteiger partial charge in [-0.05, 0) is 87.7 Å². The number of hydrogen-bond acceptors (Lipinski definition) is 4. The Morgan fingerprint density at radius 1 is 1.14 bits per heavy atom. The van der Waals surface area contributed by atoms with E-state index in [-0.39, 0.29) is 0 Å². The molecule has 0 aliphatic heterocycles. The zero-order valence-electron chi connectivity index (χ0n) is 22.1. The van der Waals surface area contributed by atoms with Gasteiger partial charge >= 0.3 is 0 Å². The Hall–Kier alpha value is -4.45. The summed E-state index contributed by atoms with van der Waals surface area (Å²) in [7, 11) is 0. The van der Waals surface area contributed by atoms with E-state index in [1.54, 1.807) is 0 Å². The molecule has 0 amide bonds. The molecule has 0 radical (unpaired) electrons. The van der Waals surface area contributed by atoms with Crippen LogP contribution in [0.1, 0.15) is 50.2 Å². The summed E-state index contributed by atoms with van der Waals surface area (Å²) in [6.45, 7) is 14.3. The Kier molecular flexibility index (Phi) is 7.98. The number of allylic oxidation sites excluding steroid dienone is 7. The highest BCUT2D eigenvalue weighted by Gasteiger charge is 2.17. The molecule has 6 nitrogen and oxygen atoms in total. The third kappa shape index (κ3) is 5.70. The van der Waals surface area contributed by atoms with Crippen LogP contribution in [0.5, 0.6) is 0 Å². The van der Waals surface area contributed by atoms with Crippen LogP contribution >= 0.6 is 0 Å². The molecule has 0 aromatic carbocycles. The second-order valence-corrected chi connectivity index (χ2v) is 9.10. The summed E-state index contributed by atoms with van der Waals surface area (Å²) in [4.78, 5) is 12.4. The largest absolute Gasteiger partial charge is 0.383 e. The van der Waals surface area contributed by atoms with Crippen LogP contribution in [0, 0.1) is 6.92 Å². The minimum Gasteiger partial charge on any atom is -0.383 e.